The Labute approximate surface area is 138 Å². The first kappa shape index (κ1) is 18.5. The summed E-state index contributed by atoms with van der Waals surface area (Å²) < 4.78 is 77.7. The summed E-state index contributed by atoms with van der Waals surface area (Å²) in [6, 6.07) is 1.68. The van der Waals surface area contributed by atoms with Gasteiger partial charge in [-0.3, -0.25) is 4.90 Å². The van der Waals surface area contributed by atoms with Crippen molar-refractivity contribution in [3.63, 3.8) is 0 Å². The van der Waals surface area contributed by atoms with Crippen LogP contribution in [0.25, 0.3) is 0 Å². The van der Waals surface area contributed by atoms with Gasteiger partial charge in [-0.15, -0.1) is 0 Å². The van der Waals surface area contributed by atoms with Crippen LogP contribution >= 0.6 is 15.9 Å². The number of halogens is 7. The Hall–Kier alpha value is -0.800. The average molecular weight is 405 g/mol. The van der Waals surface area contributed by atoms with Gasteiger partial charge in [0.25, 0.3) is 0 Å². The Morgan fingerprint density at radius 3 is 2.22 bits per heavy atom. The molecule has 1 aromatic carbocycles. The van der Waals surface area contributed by atoms with E-state index in [2.05, 4.69) is 21.2 Å². The third-order valence-corrected chi connectivity index (χ3v) is 4.42. The Morgan fingerprint density at radius 1 is 1.09 bits per heavy atom. The van der Waals surface area contributed by atoms with Crippen molar-refractivity contribution in [2.45, 2.75) is 24.8 Å². The Kier molecular flexibility index (Phi) is 5.63. The van der Waals surface area contributed by atoms with Crippen molar-refractivity contribution >= 4 is 15.9 Å². The van der Waals surface area contributed by atoms with Crippen LogP contribution in [0.5, 0.6) is 0 Å². The van der Waals surface area contributed by atoms with Gasteiger partial charge in [-0.1, -0.05) is 15.9 Å². The lowest BCUT2D eigenvalue weighted by Crippen LogP contribution is -2.46. The van der Waals surface area contributed by atoms with Crippen LogP contribution in [0.3, 0.4) is 0 Å². The first-order valence-corrected chi connectivity index (χ1v) is 7.75. The lowest BCUT2D eigenvalue weighted by atomic mass is 9.98. The van der Waals surface area contributed by atoms with Gasteiger partial charge in [0.2, 0.25) is 0 Å². The van der Waals surface area contributed by atoms with Gasteiger partial charge in [0.05, 0.1) is 12.0 Å². The molecule has 9 heteroatoms. The highest BCUT2D eigenvalue weighted by Crippen LogP contribution is 2.40. The van der Waals surface area contributed by atoms with Crippen LogP contribution in [-0.2, 0) is 6.18 Å². The summed E-state index contributed by atoms with van der Waals surface area (Å²) in [6.07, 6.45) is -10.3. The van der Waals surface area contributed by atoms with Crippen LogP contribution in [0.4, 0.5) is 26.3 Å². The smallest absolute Gasteiger partial charge is 0.314 e. The molecule has 1 aliphatic heterocycles. The van der Waals surface area contributed by atoms with Gasteiger partial charge in [-0.2, -0.15) is 26.3 Å². The third kappa shape index (κ3) is 5.09. The highest BCUT2D eigenvalue weighted by molar-refractivity contribution is 9.10. The lowest BCUT2D eigenvalue weighted by molar-refractivity contribution is -0.148. The molecule has 2 nitrogen and oxygen atoms in total. The highest BCUT2D eigenvalue weighted by atomic mass is 79.9. The zero-order valence-corrected chi connectivity index (χ0v) is 13.5. The molecule has 1 N–H and O–H groups in total. The van der Waals surface area contributed by atoms with E-state index in [0.29, 0.717) is 26.2 Å². The van der Waals surface area contributed by atoms with Crippen molar-refractivity contribution in [2.24, 2.45) is 0 Å². The first-order valence-electron chi connectivity index (χ1n) is 6.96. The van der Waals surface area contributed by atoms with E-state index < -0.39 is 30.4 Å². The van der Waals surface area contributed by atoms with E-state index in [4.69, 9.17) is 0 Å². The second kappa shape index (κ2) is 6.98. The molecule has 1 heterocycles. The quantitative estimate of drug-likeness (QED) is 0.752. The molecular formula is C14H15BrF6N2. The molecule has 130 valence electrons. The van der Waals surface area contributed by atoms with Crippen molar-refractivity contribution in [1.29, 1.82) is 0 Å². The van der Waals surface area contributed by atoms with Gasteiger partial charge in [-0.25, -0.2) is 0 Å². The number of nitrogens with zero attached hydrogens (tertiary/aromatic N) is 1. The Balaban J connectivity index is 2.41. The average Bonchev–Trinajstić information content (AvgIpc) is 2.44. The normalized spacial score (nSPS) is 18.9. The van der Waals surface area contributed by atoms with Crippen LogP contribution in [0.15, 0.2) is 22.7 Å². The van der Waals surface area contributed by atoms with Gasteiger partial charge >= 0.3 is 12.4 Å². The van der Waals surface area contributed by atoms with Crippen LogP contribution in [0.1, 0.15) is 23.6 Å². The minimum atomic E-state index is -4.60. The molecule has 0 aromatic heterocycles. The maximum Gasteiger partial charge on any atom is 0.416 e. The number of hydrogen-bond acceptors (Lipinski definition) is 2. The van der Waals surface area contributed by atoms with Crippen molar-refractivity contribution in [1.82, 2.24) is 10.2 Å². The van der Waals surface area contributed by atoms with E-state index in [1.807, 2.05) is 0 Å². The van der Waals surface area contributed by atoms with Crippen molar-refractivity contribution < 1.29 is 26.3 Å². The molecule has 0 aliphatic carbocycles. The van der Waals surface area contributed by atoms with Crippen LogP contribution in [0.2, 0.25) is 0 Å². The zero-order chi connectivity index (χ0) is 17.3. The molecular weight excluding hydrogens is 390 g/mol. The topological polar surface area (TPSA) is 15.3 Å². The zero-order valence-electron chi connectivity index (χ0n) is 11.9. The number of rotatable bonds is 3. The molecule has 0 spiro atoms. The number of alkyl halides is 6. The number of nitrogens with one attached hydrogen (secondary N) is 1. The minimum absolute atomic E-state index is 0.0130. The fraction of sp³-hybridized carbons (Fsp3) is 0.571. The van der Waals surface area contributed by atoms with Gasteiger partial charge in [-0.05, 0) is 23.8 Å². The van der Waals surface area contributed by atoms with Gasteiger partial charge < -0.3 is 5.32 Å². The lowest BCUT2D eigenvalue weighted by Gasteiger charge is -2.36. The van der Waals surface area contributed by atoms with Crippen molar-refractivity contribution in [2.75, 3.05) is 26.2 Å². The summed E-state index contributed by atoms with van der Waals surface area (Å²) in [5.74, 6) is 0. The maximum atomic E-state index is 12.9. The number of benzene rings is 1. The van der Waals surface area contributed by atoms with E-state index in [9.17, 15) is 26.3 Å². The summed E-state index contributed by atoms with van der Waals surface area (Å²) in [5.41, 5.74) is -0.933. The van der Waals surface area contributed by atoms with E-state index in [-0.39, 0.29) is 10.0 Å². The predicted octanol–water partition coefficient (Wildman–Crippen LogP) is 4.37. The molecule has 0 amide bonds. The standard InChI is InChI=1S/C14H15BrF6N2/c15-11-2-1-9(14(19,20)21)7-10(11)12(8-13(16,17)18)23-5-3-22-4-6-23/h1-2,7,12,22H,3-6,8H2/t12-/m1/s1. The highest BCUT2D eigenvalue weighted by Gasteiger charge is 2.38. The summed E-state index contributed by atoms with van der Waals surface area (Å²) in [5, 5.41) is 3.02. The van der Waals surface area contributed by atoms with Crippen LogP contribution in [-0.4, -0.2) is 37.3 Å². The van der Waals surface area contributed by atoms with E-state index in [0.717, 1.165) is 18.2 Å². The monoisotopic (exact) mass is 404 g/mol. The van der Waals surface area contributed by atoms with E-state index >= 15 is 0 Å². The molecule has 0 saturated carbocycles. The summed E-state index contributed by atoms with van der Waals surface area (Å²) in [4.78, 5) is 1.57. The number of hydrogen-bond donors (Lipinski definition) is 1. The van der Waals surface area contributed by atoms with Crippen LogP contribution < -0.4 is 5.32 Å². The van der Waals surface area contributed by atoms with Crippen molar-refractivity contribution in [3.05, 3.63) is 33.8 Å². The summed E-state index contributed by atoms with van der Waals surface area (Å²) in [7, 11) is 0. The van der Waals surface area contributed by atoms with E-state index in [1.54, 1.807) is 4.90 Å². The van der Waals surface area contributed by atoms with Crippen molar-refractivity contribution in [3.8, 4) is 0 Å². The predicted molar refractivity (Wildman–Crippen MR) is 77.0 cm³/mol. The SMILES string of the molecule is FC(F)(F)C[C@H](c1cc(C(F)(F)F)ccc1Br)N1CCNCC1. The molecule has 2 rings (SSSR count). The fourth-order valence-electron chi connectivity index (χ4n) is 2.62. The maximum absolute atomic E-state index is 12.9. The molecule has 1 saturated heterocycles. The summed E-state index contributed by atoms with van der Waals surface area (Å²) in [6.45, 7) is 1.71. The Morgan fingerprint density at radius 2 is 1.70 bits per heavy atom. The summed E-state index contributed by atoms with van der Waals surface area (Å²) >= 11 is 3.10. The fourth-order valence-corrected chi connectivity index (χ4v) is 3.14. The second-order valence-electron chi connectivity index (χ2n) is 5.36. The minimum Gasteiger partial charge on any atom is -0.314 e. The second-order valence-corrected chi connectivity index (χ2v) is 6.21. The van der Waals surface area contributed by atoms with E-state index in [1.165, 1.54) is 0 Å². The van der Waals surface area contributed by atoms with Gasteiger partial charge in [0.1, 0.15) is 0 Å². The number of piperazine rings is 1. The molecule has 1 aromatic rings. The molecule has 23 heavy (non-hydrogen) atoms. The third-order valence-electron chi connectivity index (χ3n) is 3.70. The molecule has 1 fully saturated rings. The molecule has 0 bridgehead atoms. The van der Waals surface area contributed by atoms with Crippen LogP contribution in [0, 0.1) is 0 Å². The largest absolute Gasteiger partial charge is 0.416 e. The Bertz CT molecular complexity index is 537. The van der Waals surface area contributed by atoms with Gasteiger partial charge in [0.15, 0.2) is 0 Å². The molecule has 0 unspecified atom stereocenters. The van der Waals surface area contributed by atoms with Gasteiger partial charge in [0, 0.05) is 36.7 Å². The molecule has 1 atom stereocenters. The molecule has 0 radical (unpaired) electrons. The molecule has 1 aliphatic rings. The first-order chi connectivity index (χ1) is 10.6.